The predicted octanol–water partition coefficient (Wildman–Crippen LogP) is 2.37. The first-order chi connectivity index (χ1) is 9.24. The first-order valence-corrected chi connectivity index (χ1v) is 7.34. The summed E-state index contributed by atoms with van der Waals surface area (Å²) in [4.78, 5) is 14.4. The van der Waals surface area contributed by atoms with Gasteiger partial charge in [0.25, 0.3) is 0 Å². The lowest BCUT2D eigenvalue weighted by Gasteiger charge is -2.34. The Hall–Kier alpha value is -0.770. The van der Waals surface area contributed by atoms with Crippen LogP contribution in [0.25, 0.3) is 0 Å². The van der Waals surface area contributed by atoms with E-state index in [1.807, 2.05) is 29.2 Å². The molecule has 20 heavy (non-hydrogen) atoms. The van der Waals surface area contributed by atoms with Gasteiger partial charge in [-0.25, -0.2) is 0 Å². The highest BCUT2D eigenvalue weighted by Gasteiger charge is 2.34. The van der Waals surface area contributed by atoms with Crippen LogP contribution in [0, 0.1) is 11.8 Å². The Kier molecular flexibility index (Phi) is 5.30. The number of amides is 1. The molecule has 2 aliphatic rings. The van der Waals surface area contributed by atoms with Crippen LogP contribution in [0.5, 0.6) is 0 Å². The van der Waals surface area contributed by atoms with Crippen molar-refractivity contribution in [3.8, 4) is 0 Å². The number of hydrogen-bond donors (Lipinski definition) is 1. The van der Waals surface area contributed by atoms with Crippen LogP contribution in [0.15, 0.2) is 24.3 Å². The van der Waals surface area contributed by atoms with E-state index in [0.29, 0.717) is 17.4 Å². The molecule has 1 amide bonds. The van der Waals surface area contributed by atoms with E-state index in [0.717, 1.165) is 44.1 Å². The van der Waals surface area contributed by atoms with Crippen molar-refractivity contribution in [3.63, 3.8) is 0 Å². The highest BCUT2D eigenvalue weighted by molar-refractivity contribution is 6.31. The van der Waals surface area contributed by atoms with Crippen LogP contribution >= 0.6 is 24.0 Å². The van der Waals surface area contributed by atoms with Crippen LogP contribution in [0.3, 0.4) is 0 Å². The summed E-state index contributed by atoms with van der Waals surface area (Å²) in [5, 5.41) is 4.11. The molecule has 0 saturated carbocycles. The summed E-state index contributed by atoms with van der Waals surface area (Å²) in [6.45, 7) is 3.98. The van der Waals surface area contributed by atoms with Gasteiger partial charge in [-0.15, -0.1) is 12.4 Å². The molecule has 2 atom stereocenters. The summed E-state index contributed by atoms with van der Waals surface area (Å²) in [6.07, 6.45) is 1.55. The number of likely N-dealkylation sites (tertiary alicyclic amines) is 1. The zero-order valence-electron chi connectivity index (χ0n) is 11.3. The number of fused-ring (bicyclic) bond motifs is 1. The van der Waals surface area contributed by atoms with Crippen LogP contribution in [-0.4, -0.2) is 37.0 Å². The number of halogens is 2. The Morgan fingerprint density at radius 1 is 1.30 bits per heavy atom. The largest absolute Gasteiger partial charge is 0.342 e. The first kappa shape index (κ1) is 15.6. The maximum atomic E-state index is 12.4. The minimum absolute atomic E-state index is 0. The maximum Gasteiger partial charge on any atom is 0.227 e. The van der Waals surface area contributed by atoms with Crippen LogP contribution in [-0.2, 0) is 11.2 Å². The number of benzene rings is 1. The Bertz CT molecular complexity index is 481. The maximum absolute atomic E-state index is 12.4. The van der Waals surface area contributed by atoms with Gasteiger partial charge < -0.3 is 10.2 Å². The highest BCUT2D eigenvalue weighted by Crippen LogP contribution is 2.27. The number of nitrogens with one attached hydrogen (secondary N) is 1. The highest BCUT2D eigenvalue weighted by atomic mass is 35.5. The second-order valence-electron chi connectivity index (χ2n) is 5.58. The Balaban J connectivity index is 0.00000147. The lowest BCUT2D eigenvalue weighted by atomic mass is 9.88. The Labute approximate surface area is 131 Å². The van der Waals surface area contributed by atoms with Crippen molar-refractivity contribution in [2.24, 2.45) is 11.8 Å². The molecule has 0 radical (unpaired) electrons. The fourth-order valence-corrected chi connectivity index (χ4v) is 3.38. The molecule has 3 nitrogen and oxygen atoms in total. The predicted molar refractivity (Wildman–Crippen MR) is 83.5 cm³/mol. The van der Waals surface area contributed by atoms with Gasteiger partial charge in [0.05, 0.1) is 6.42 Å². The lowest BCUT2D eigenvalue weighted by molar-refractivity contribution is -0.132. The molecule has 0 bridgehead atoms. The first-order valence-electron chi connectivity index (χ1n) is 6.96. The fraction of sp³-hybridized carbons (Fsp3) is 0.533. The van der Waals surface area contributed by atoms with Gasteiger partial charge in [0.2, 0.25) is 5.91 Å². The molecule has 2 fully saturated rings. The molecule has 0 aliphatic carbocycles. The van der Waals surface area contributed by atoms with E-state index >= 15 is 0 Å². The minimum Gasteiger partial charge on any atom is -0.342 e. The molecular formula is C15H20Cl2N2O. The number of hydrogen-bond acceptors (Lipinski definition) is 2. The van der Waals surface area contributed by atoms with Gasteiger partial charge in [0, 0.05) is 18.1 Å². The summed E-state index contributed by atoms with van der Waals surface area (Å²) in [7, 11) is 0. The van der Waals surface area contributed by atoms with Crippen molar-refractivity contribution in [2.75, 3.05) is 26.2 Å². The van der Waals surface area contributed by atoms with E-state index in [4.69, 9.17) is 11.6 Å². The van der Waals surface area contributed by atoms with Gasteiger partial charge in [-0.2, -0.15) is 0 Å². The van der Waals surface area contributed by atoms with Crippen molar-refractivity contribution < 1.29 is 4.79 Å². The molecule has 2 aliphatic heterocycles. The number of piperidine rings is 1. The van der Waals surface area contributed by atoms with Gasteiger partial charge in [-0.3, -0.25) is 4.79 Å². The zero-order valence-corrected chi connectivity index (χ0v) is 12.9. The summed E-state index contributed by atoms with van der Waals surface area (Å²) >= 11 is 6.12. The molecule has 0 aromatic heterocycles. The third-order valence-corrected chi connectivity index (χ3v) is 4.73. The molecule has 1 aromatic rings. The van der Waals surface area contributed by atoms with E-state index in [-0.39, 0.29) is 18.3 Å². The molecular weight excluding hydrogens is 295 g/mol. The van der Waals surface area contributed by atoms with Gasteiger partial charge in [-0.1, -0.05) is 29.8 Å². The van der Waals surface area contributed by atoms with Crippen molar-refractivity contribution in [1.29, 1.82) is 0 Å². The Morgan fingerprint density at radius 3 is 2.85 bits per heavy atom. The lowest BCUT2D eigenvalue weighted by Crippen LogP contribution is -2.44. The summed E-state index contributed by atoms with van der Waals surface area (Å²) in [6, 6.07) is 7.61. The average molecular weight is 315 g/mol. The number of carbonyl (C=O) groups excluding carboxylic acids is 1. The Morgan fingerprint density at radius 2 is 2.05 bits per heavy atom. The van der Waals surface area contributed by atoms with E-state index in [2.05, 4.69) is 5.32 Å². The smallest absolute Gasteiger partial charge is 0.227 e. The molecule has 110 valence electrons. The monoisotopic (exact) mass is 314 g/mol. The molecule has 2 heterocycles. The average Bonchev–Trinajstić information content (AvgIpc) is 2.88. The molecule has 0 spiro atoms. The van der Waals surface area contributed by atoms with Crippen molar-refractivity contribution in [2.45, 2.75) is 12.8 Å². The van der Waals surface area contributed by atoms with Crippen LogP contribution in [0.2, 0.25) is 5.02 Å². The standard InChI is InChI=1S/C15H19ClN2O.ClH/c16-14-4-2-1-3-11(14)7-15(19)18-6-5-12-8-17-9-13(12)10-18;/h1-4,12-13,17H,5-10H2;1H. The minimum atomic E-state index is 0. The third kappa shape index (κ3) is 3.27. The second-order valence-corrected chi connectivity index (χ2v) is 5.98. The number of rotatable bonds is 2. The molecule has 2 unspecified atom stereocenters. The topological polar surface area (TPSA) is 32.3 Å². The van der Waals surface area contributed by atoms with E-state index < -0.39 is 0 Å². The molecule has 3 rings (SSSR count). The molecule has 2 saturated heterocycles. The number of carbonyl (C=O) groups is 1. The van der Waals surface area contributed by atoms with Crippen molar-refractivity contribution in [3.05, 3.63) is 34.9 Å². The van der Waals surface area contributed by atoms with Crippen LogP contribution in [0.4, 0.5) is 0 Å². The number of nitrogens with zero attached hydrogens (tertiary/aromatic N) is 1. The van der Waals surface area contributed by atoms with Crippen LogP contribution in [0.1, 0.15) is 12.0 Å². The normalized spacial score (nSPS) is 24.9. The molecule has 1 N–H and O–H groups in total. The summed E-state index contributed by atoms with van der Waals surface area (Å²) < 4.78 is 0. The van der Waals surface area contributed by atoms with E-state index in [9.17, 15) is 4.79 Å². The van der Waals surface area contributed by atoms with Gasteiger partial charge >= 0.3 is 0 Å². The van der Waals surface area contributed by atoms with Crippen molar-refractivity contribution in [1.82, 2.24) is 10.2 Å². The van der Waals surface area contributed by atoms with E-state index in [1.165, 1.54) is 0 Å². The van der Waals surface area contributed by atoms with Crippen molar-refractivity contribution >= 4 is 29.9 Å². The van der Waals surface area contributed by atoms with Gasteiger partial charge in [0.1, 0.15) is 0 Å². The van der Waals surface area contributed by atoms with Gasteiger partial charge in [-0.05, 0) is 43.0 Å². The van der Waals surface area contributed by atoms with E-state index in [1.54, 1.807) is 0 Å². The quantitative estimate of drug-likeness (QED) is 0.909. The zero-order chi connectivity index (χ0) is 13.2. The summed E-state index contributed by atoms with van der Waals surface area (Å²) in [5.41, 5.74) is 0.931. The summed E-state index contributed by atoms with van der Waals surface area (Å²) in [5.74, 6) is 1.62. The molecule has 5 heteroatoms. The SMILES string of the molecule is Cl.O=C(Cc1ccccc1Cl)N1CCC2CNCC2C1. The molecule has 1 aromatic carbocycles. The second kappa shape index (κ2) is 6.79. The van der Waals surface area contributed by atoms with Gasteiger partial charge in [0.15, 0.2) is 0 Å². The van der Waals surface area contributed by atoms with Crippen LogP contribution < -0.4 is 5.32 Å². The third-order valence-electron chi connectivity index (χ3n) is 4.36. The fourth-order valence-electron chi connectivity index (χ4n) is 3.18.